The minimum Gasteiger partial charge on any atom is -0.497 e. The predicted molar refractivity (Wildman–Crippen MR) is 116 cm³/mol. The zero-order chi connectivity index (χ0) is 22.1. The van der Waals surface area contributed by atoms with Crippen molar-refractivity contribution in [3.63, 3.8) is 0 Å². The van der Waals surface area contributed by atoms with Gasteiger partial charge in [0.05, 0.1) is 12.7 Å². The van der Waals surface area contributed by atoms with Gasteiger partial charge in [0.2, 0.25) is 18.0 Å². The Labute approximate surface area is 179 Å². The maximum Gasteiger partial charge on any atom is 0.308 e. The van der Waals surface area contributed by atoms with Crippen LogP contribution < -0.4 is 9.47 Å². The van der Waals surface area contributed by atoms with E-state index in [2.05, 4.69) is 5.10 Å². The molecule has 1 atom stereocenters. The second kappa shape index (κ2) is 8.10. The fourth-order valence-electron chi connectivity index (χ4n) is 3.48. The Bertz CT molecular complexity index is 1220. The average Bonchev–Trinajstić information content (AvgIpc) is 3.19. The van der Waals surface area contributed by atoms with Gasteiger partial charge in [0, 0.05) is 19.4 Å². The van der Waals surface area contributed by atoms with E-state index in [1.54, 1.807) is 13.2 Å². The summed E-state index contributed by atoms with van der Waals surface area (Å²) < 4.78 is 16.7. The number of carbonyl (C=O) groups is 2. The lowest BCUT2D eigenvalue weighted by Gasteiger charge is -2.21. The van der Waals surface area contributed by atoms with Crippen LogP contribution in [0.1, 0.15) is 36.8 Å². The monoisotopic (exact) mass is 418 g/mol. The molecule has 0 fully saturated rings. The van der Waals surface area contributed by atoms with Crippen LogP contribution in [0.2, 0.25) is 0 Å². The van der Waals surface area contributed by atoms with Crippen LogP contribution in [0.15, 0.2) is 59.7 Å². The van der Waals surface area contributed by atoms with E-state index in [1.165, 1.54) is 18.9 Å². The maximum atomic E-state index is 12.3. The Balaban J connectivity index is 1.72. The second-order valence-electron chi connectivity index (χ2n) is 7.30. The Hall–Kier alpha value is -3.87. The van der Waals surface area contributed by atoms with Crippen LogP contribution in [-0.4, -0.2) is 29.9 Å². The number of nitrogens with zero attached hydrogens (tertiary/aromatic N) is 2. The highest BCUT2D eigenvalue weighted by atomic mass is 16.5. The quantitative estimate of drug-likeness (QED) is 0.466. The summed E-state index contributed by atoms with van der Waals surface area (Å²) in [5.74, 6) is 0.670. The molecule has 0 radical (unpaired) electrons. The molecule has 4 rings (SSSR count). The number of carbonyl (C=O) groups excluding carboxylic acids is 2. The highest BCUT2D eigenvalue weighted by Crippen LogP contribution is 2.36. The zero-order valence-electron chi connectivity index (χ0n) is 17.7. The molecular weight excluding hydrogens is 396 g/mol. The topological polar surface area (TPSA) is 77.4 Å². The predicted octanol–water partition coefficient (Wildman–Crippen LogP) is 4.32. The number of benzene rings is 3. The van der Waals surface area contributed by atoms with E-state index in [4.69, 9.17) is 14.2 Å². The first kappa shape index (κ1) is 20.4. The third-order valence-corrected chi connectivity index (χ3v) is 4.95. The summed E-state index contributed by atoms with van der Waals surface area (Å²) in [7, 11) is 1.63. The number of hydrazone groups is 1. The van der Waals surface area contributed by atoms with Gasteiger partial charge in [-0.15, -0.1) is 5.10 Å². The zero-order valence-corrected chi connectivity index (χ0v) is 17.7. The molecule has 3 aromatic rings. The van der Waals surface area contributed by atoms with Gasteiger partial charge < -0.3 is 14.2 Å². The fraction of sp³-hybridized carbons (Fsp3) is 0.208. The third kappa shape index (κ3) is 4.07. The van der Waals surface area contributed by atoms with Crippen LogP contribution >= 0.6 is 0 Å². The van der Waals surface area contributed by atoms with E-state index in [0.29, 0.717) is 17.2 Å². The molecule has 3 aromatic carbocycles. The number of amides is 1. The molecule has 0 saturated carbocycles. The Morgan fingerprint density at radius 1 is 1.00 bits per heavy atom. The fourth-order valence-corrected chi connectivity index (χ4v) is 3.48. The van der Waals surface area contributed by atoms with Gasteiger partial charge in [-0.3, -0.25) is 9.59 Å². The van der Waals surface area contributed by atoms with E-state index in [-0.39, 0.29) is 5.91 Å². The molecule has 1 amide bonds. The number of ether oxygens (including phenoxy) is 3. The first-order valence-electron chi connectivity index (χ1n) is 9.78. The van der Waals surface area contributed by atoms with Crippen molar-refractivity contribution in [3.8, 4) is 11.5 Å². The Morgan fingerprint density at radius 2 is 1.74 bits per heavy atom. The lowest BCUT2D eigenvalue weighted by Crippen LogP contribution is -2.26. The van der Waals surface area contributed by atoms with Crippen LogP contribution in [0.4, 0.5) is 0 Å². The maximum absolute atomic E-state index is 12.3. The summed E-state index contributed by atoms with van der Waals surface area (Å²) >= 11 is 0. The van der Waals surface area contributed by atoms with Crippen molar-refractivity contribution in [2.45, 2.75) is 27.0 Å². The molecule has 0 aliphatic carbocycles. The lowest BCUT2D eigenvalue weighted by atomic mass is 10.1. The summed E-state index contributed by atoms with van der Waals surface area (Å²) in [6.45, 7) is 4.65. The summed E-state index contributed by atoms with van der Waals surface area (Å²) in [6.07, 6.45) is -0.840. The largest absolute Gasteiger partial charge is 0.497 e. The smallest absolute Gasteiger partial charge is 0.308 e. The molecule has 0 spiro atoms. The molecule has 0 N–H and O–H groups in total. The van der Waals surface area contributed by atoms with Crippen molar-refractivity contribution >= 4 is 28.5 Å². The van der Waals surface area contributed by atoms with Crippen LogP contribution in [-0.2, 0) is 14.3 Å². The first-order chi connectivity index (χ1) is 14.9. The molecule has 0 unspecified atom stereocenters. The standard InChI is InChI=1S/C24H22N2O5/c1-14-5-10-22(30-16(3)28)21(11-14)24-26(15(2)27)25-23(31-24)19-7-6-18-13-20(29-4)9-8-17(18)12-19/h5-13,24H,1-4H3/t24-/m1/s1. The molecule has 1 heterocycles. The number of esters is 1. The number of hydrogen-bond acceptors (Lipinski definition) is 6. The Morgan fingerprint density at radius 3 is 2.45 bits per heavy atom. The van der Waals surface area contributed by atoms with Gasteiger partial charge in [0.15, 0.2) is 0 Å². The van der Waals surface area contributed by atoms with E-state index in [1.807, 2.05) is 55.5 Å². The van der Waals surface area contributed by atoms with Gasteiger partial charge in [0.25, 0.3) is 0 Å². The number of methoxy groups -OCH3 is 1. The van der Waals surface area contributed by atoms with Crippen molar-refractivity contribution in [2.75, 3.05) is 7.11 Å². The van der Waals surface area contributed by atoms with Gasteiger partial charge in [-0.1, -0.05) is 23.8 Å². The van der Waals surface area contributed by atoms with Gasteiger partial charge in [0.1, 0.15) is 11.5 Å². The molecule has 158 valence electrons. The third-order valence-electron chi connectivity index (χ3n) is 4.95. The first-order valence-corrected chi connectivity index (χ1v) is 9.78. The number of hydrogen-bond donors (Lipinski definition) is 0. The van der Waals surface area contributed by atoms with Gasteiger partial charge in [-0.2, -0.15) is 5.01 Å². The number of aryl methyl sites for hydroxylation is 1. The highest BCUT2D eigenvalue weighted by molar-refractivity contribution is 6.00. The minimum atomic E-state index is -0.840. The van der Waals surface area contributed by atoms with E-state index < -0.39 is 12.2 Å². The summed E-state index contributed by atoms with van der Waals surface area (Å²) in [6, 6.07) is 16.9. The van der Waals surface area contributed by atoms with E-state index in [0.717, 1.165) is 27.6 Å². The molecule has 1 aliphatic rings. The molecule has 31 heavy (non-hydrogen) atoms. The van der Waals surface area contributed by atoms with E-state index in [9.17, 15) is 9.59 Å². The lowest BCUT2D eigenvalue weighted by molar-refractivity contribution is -0.135. The van der Waals surface area contributed by atoms with Crippen molar-refractivity contribution in [2.24, 2.45) is 5.10 Å². The summed E-state index contributed by atoms with van der Waals surface area (Å²) in [5.41, 5.74) is 2.22. The highest BCUT2D eigenvalue weighted by Gasteiger charge is 2.35. The molecule has 7 heteroatoms. The van der Waals surface area contributed by atoms with Gasteiger partial charge in [-0.25, -0.2) is 0 Å². The SMILES string of the molecule is COc1ccc2cc(C3=NN(C(C)=O)[C@@H](c4cc(C)ccc4OC(C)=O)O3)ccc2c1. The molecule has 1 aliphatic heterocycles. The van der Waals surface area contributed by atoms with E-state index >= 15 is 0 Å². The van der Waals surface area contributed by atoms with Crippen LogP contribution in [0.3, 0.4) is 0 Å². The number of rotatable bonds is 4. The molecule has 0 bridgehead atoms. The molecular formula is C24H22N2O5. The molecule has 0 aromatic heterocycles. The average molecular weight is 418 g/mol. The van der Waals surface area contributed by atoms with Crippen molar-refractivity contribution in [1.82, 2.24) is 5.01 Å². The second-order valence-corrected chi connectivity index (χ2v) is 7.30. The van der Waals surface area contributed by atoms with Crippen LogP contribution in [0, 0.1) is 6.92 Å². The van der Waals surface area contributed by atoms with Gasteiger partial charge >= 0.3 is 5.97 Å². The molecule has 7 nitrogen and oxygen atoms in total. The van der Waals surface area contributed by atoms with Crippen LogP contribution in [0.5, 0.6) is 11.5 Å². The van der Waals surface area contributed by atoms with Crippen LogP contribution in [0.25, 0.3) is 10.8 Å². The summed E-state index contributed by atoms with van der Waals surface area (Å²) in [5, 5.41) is 7.67. The number of fused-ring (bicyclic) bond motifs is 1. The minimum absolute atomic E-state index is 0.291. The van der Waals surface area contributed by atoms with Crippen molar-refractivity contribution in [3.05, 3.63) is 71.3 Å². The Kier molecular flexibility index (Phi) is 5.33. The molecule has 0 saturated heterocycles. The van der Waals surface area contributed by atoms with Gasteiger partial charge in [-0.05, 0) is 54.1 Å². The summed E-state index contributed by atoms with van der Waals surface area (Å²) in [4.78, 5) is 23.9. The normalized spacial score (nSPS) is 15.4. The van der Waals surface area contributed by atoms with Crippen molar-refractivity contribution < 1.29 is 23.8 Å². The van der Waals surface area contributed by atoms with Crippen molar-refractivity contribution in [1.29, 1.82) is 0 Å².